The highest BCUT2D eigenvalue weighted by atomic mass is 16.2. The van der Waals surface area contributed by atoms with E-state index in [0.717, 1.165) is 32.1 Å². The summed E-state index contributed by atoms with van der Waals surface area (Å²) < 4.78 is 0. The average molecular weight is 224 g/mol. The normalized spacial score (nSPS) is 28.1. The first-order valence-corrected chi connectivity index (χ1v) is 6.35. The number of carbonyl (C=O) groups is 2. The van der Waals surface area contributed by atoms with Crippen LogP contribution in [-0.2, 0) is 4.79 Å². The van der Waals surface area contributed by atoms with Crippen molar-refractivity contribution in [1.82, 2.24) is 10.2 Å². The van der Waals surface area contributed by atoms with E-state index >= 15 is 0 Å². The topological polar surface area (TPSA) is 49.4 Å². The molecule has 4 heteroatoms. The molecular formula is C12H20N2O2. The number of amides is 3. The van der Waals surface area contributed by atoms with Crippen LogP contribution in [0.2, 0.25) is 0 Å². The molecule has 1 aliphatic carbocycles. The lowest BCUT2D eigenvalue weighted by Gasteiger charge is -2.37. The van der Waals surface area contributed by atoms with E-state index < -0.39 is 0 Å². The van der Waals surface area contributed by atoms with Crippen LogP contribution in [0.5, 0.6) is 0 Å². The summed E-state index contributed by atoms with van der Waals surface area (Å²) in [7, 11) is 0. The van der Waals surface area contributed by atoms with Crippen molar-refractivity contribution < 1.29 is 9.59 Å². The number of urea groups is 1. The van der Waals surface area contributed by atoms with E-state index in [1.54, 1.807) is 0 Å². The molecule has 90 valence electrons. The summed E-state index contributed by atoms with van der Waals surface area (Å²) >= 11 is 0. The minimum absolute atomic E-state index is 0.0162. The molecule has 16 heavy (non-hydrogen) atoms. The maximum absolute atomic E-state index is 11.9. The van der Waals surface area contributed by atoms with Crippen molar-refractivity contribution in [2.75, 3.05) is 0 Å². The molecule has 1 unspecified atom stereocenters. The Labute approximate surface area is 96.4 Å². The van der Waals surface area contributed by atoms with E-state index in [2.05, 4.69) is 5.32 Å². The van der Waals surface area contributed by atoms with E-state index in [1.807, 2.05) is 6.92 Å². The van der Waals surface area contributed by atoms with Gasteiger partial charge in [-0.3, -0.25) is 9.69 Å². The highest BCUT2D eigenvalue weighted by molar-refractivity contribution is 5.97. The lowest BCUT2D eigenvalue weighted by Crippen LogP contribution is -2.58. The Hall–Kier alpha value is -1.06. The highest BCUT2D eigenvalue weighted by Crippen LogP contribution is 2.25. The highest BCUT2D eigenvalue weighted by Gasteiger charge is 2.36. The Morgan fingerprint density at radius 2 is 1.94 bits per heavy atom. The zero-order valence-electron chi connectivity index (χ0n) is 9.87. The molecule has 0 aromatic heterocycles. The Morgan fingerprint density at radius 1 is 1.25 bits per heavy atom. The average Bonchev–Trinajstić information content (AvgIpc) is 2.29. The van der Waals surface area contributed by atoms with Crippen molar-refractivity contribution in [1.29, 1.82) is 0 Å². The maximum Gasteiger partial charge on any atom is 0.324 e. The number of hydrogen-bond donors (Lipinski definition) is 1. The molecule has 0 aromatic rings. The van der Waals surface area contributed by atoms with Gasteiger partial charge in [0.2, 0.25) is 5.91 Å². The van der Waals surface area contributed by atoms with Crippen molar-refractivity contribution in [2.45, 2.75) is 64.0 Å². The van der Waals surface area contributed by atoms with Crippen LogP contribution in [0.1, 0.15) is 51.9 Å². The van der Waals surface area contributed by atoms with Gasteiger partial charge in [-0.25, -0.2) is 4.79 Å². The van der Waals surface area contributed by atoms with Gasteiger partial charge in [-0.15, -0.1) is 0 Å². The molecular weight excluding hydrogens is 204 g/mol. The molecule has 4 nitrogen and oxygen atoms in total. The Morgan fingerprint density at radius 3 is 2.50 bits per heavy atom. The first-order chi connectivity index (χ1) is 7.72. The van der Waals surface area contributed by atoms with Crippen LogP contribution in [0.4, 0.5) is 4.79 Å². The molecule has 1 atom stereocenters. The molecule has 1 heterocycles. The van der Waals surface area contributed by atoms with E-state index in [4.69, 9.17) is 0 Å². The van der Waals surface area contributed by atoms with Crippen LogP contribution in [0.25, 0.3) is 0 Å². The Kier molecular flexibility index (Phi) is 3.46. The van der Waals surface area contributed by atoms with Crippen molar-refractivity contribution in [2.24, 2.45) is 0 Å². The van der Waals surface area contributed by atoms with Crippen LogP contribution in [0, 0.1) is 0 Å². The van der Waals surface area contributed by atoms with E-state index in [1.165, 1.54) is 11.3 Å². The van der Waals surface area contributed by atoms with Crippen LogP contribution >= 0.6 is 0 Å². The largest absolute Gasteiger partial charge is 0.334 e. The smallest absolute Gasteiger partial charge is 0.324 e. The summed E-state index contributed by atoms with van der Waals surface area (Å²) in [6, 6.07) is 0.0221. The lowest BCUT2D eigenvalue weighted by atomic mass is 9.93. The second-order valence-corrected chi connectivity index (χ2v) is 4.81. The van der Waals surface area contributed by atoms with Crippen LogP contribution in [-0.4, -0.2) is 28.9 Å². The number of nitrogens with one attached hydrogen (secondary N) is 1. The molecule has 2 aliphatic rings. The van der Waals surface area contributed by atoms with Gasteiger partial charge in [-0.05, 0) is 19.3 Å². The second-order valence-electron chi connectivity index (χ2n) is 4.81. The molecule has 1 saturated carbocycles. The summed E-state index contributed by atoms with van der Waals surface area (Å²) in [4.78, 5) is 25.3. The SMILES string of the molecule is CCC1CC(=O)N(C2CCCCC2)C(=O)N1. The molecule has 3 amide bonds. The predicted molar refractivity (Wildman–Crippen MR) is 60.9 cm³/mol. The summed E-state index contributed by atoms with van der Waals surface area (Å²) in [5, 5.41) is 2.91. The third-order valence-corrected chi connectivity index (χ3v) is 3.67. The fourth-order valence-corrected chi connectivity index (χ4v) is 2.67. The Balaban J connectivity index is 2.03. The standard InChI is InChI=1S/C12H20N2O2/c1-2-9-8-11(15)14(12(16)13-9)10-6-4-3-5-7-10/h9-10H,2-8H2,1H3,(H,13,16). The molecule has 1 N–H and O–H groups in total. The van der Waals surface area contributed by atoms with E-state index in [-0.39, 0.29) is 24.0 Å². The molecule has 0 radical (unpaired) electrons. The van der Waals surface area contributed by atoms with Crippen molar-refractivity contribution >= 4 is 11.9 Å². The lowest BCUT2D eigenvalue weighted by molar-refractivity contribution is -0.132. The third kappa shape index (κ3) is 2.20. The minimum atomic E-state index is -0.171. The van der Waals surface area contributed by atoms with Gasteiger partial charge in [0.1, 0.15) is 0 Å². The molecule has 0 aromatic carbocycles. The fourth-order valence-electron chi connectivity index (χ4n) is 2.67. The number of hydrogen-bond acceptors (Lipinski definition) is 2. The molecule has 0 spiro atoms. The molecule has 1 aliphatic heterocycles. The quantitative estimate of drug-likeness (QED) is 0.780. The van der Waals surface area contributed by atoms with Crippen LogP contribution in [0.15, 0.2) is 0 Å². The third-order valence-electron chi connectivity index (χ3n) is 3.67. The molecule has 1 saturated heterocycles. The van der Waals surface area contributed by atoms with E-state index in [0.29, 0.717) is 6.42 Å². The zero-order chi connectivity index (χ0) is 11.5. The number of imide groups is 1. The summed E-state index contributed by atoms with van der Waals surface area (Å²) in [5.74, 6) is 0.0162. The summed E-state index contributed by atoms with van der Waals surface area (Å²) in [6.07, 6.45) is 6.77. The van der Waals surface area contributed by atoms with Gasteiger partial charge >= 0.3 is 6.03 Å². The van der Waals surface area contributed by atoms with Crippen molar-refractivity contribution in [3.05, 3.63) is 0 Å². The van der Waals surface area contributed by atoms with Crippen LogP contribution in [0.3, 0.4) is 0 Å². The fraction of sp³-hybridized carbons (Fsp3) is 0.833. The number of rotatable bonds is 2. The Bertz CT molecular complexity index is 267. The van der Waals surface area contributed by atoms with E-state index in [9.17, 15) is 9.59 Å². The van der Waals surface area contributed by atoms with Gasteiger partial charge in [-0.2, -0.15) is 0 Å². The second kappa shape index (κ2) is 4.85. The predicted octanol–water partition coefficient (Wildman–Crippen LogP) is 2.04. The summed E-state index contributed by atoms with van der Waals surface area (Å²) in [5.41, 5.74) is 0. The number of nitrogens with zero attached hydrogens (tertiary/aromatic N) is 1. The first-order valence-electron chi connectivity index (χ1n) is 6.35. The van der Waals surface area contributed by atoms with Crippen molar-refractivity contribution in [3.8, 4) is 0 Å². The van der Waals surface area contributed by atoms with Gasteiger partial charge in [-0.1, -0.05) is 26.2 Å². The van der Waals surface area contributed by atoms with Crippen LogP contribution < -0.4 is 5.32 Å². The van der Waals surface area contributed by atoms with Crippen molar-refractivity contribution in [3.63, 3.8) is 0 Å². The van der Waals surface area contributed by atoms with Gasteiger partial charge in [0.15, 0.2) is 0 Å². The monoisotopic (exact) mass is 224 g/mol. The number of carbonyl (C=O) groups excluding carboxylic acids is 2. The van der Waals surface area contributed by atoms with Gasteiger partial charge in [0, 0.05) is 18.5 Å². The minimum Gasteiger partial charge on any atom is -0.334 e. The molecule has 2 rings (SSSR count). The van der Waals surface area contributed by atoms with Gasteiger partial charge < -0.3 is 5.32 Å². The molecule has 0 bridgehead atoms. The zero-order valence-corrected chi connectivity index (χ0v) is 9.87. The van der Waals surface area contributed by atoms with Gasteiger partial charge in [0.05, 0.1) is 0 Å². The summed E-state index contributed by atoms with van der Waals surface area (Å²) in [6.45, 7) is 1.99. The van der Waals surface area contributed by atoms with Gasteiger partial charge in [0.25, 0.3) is 0 Å². The molecule has 2 fully saturated rings. The first kappa shape index (κ1) is 11.4. The maximum atomic E-state index is 11.9.